The van der Waals surface area contributed by atoms with Gasteiger partial charge in [0.1, 0.15) is 17.9 Å². The number of ether oxygens (including phenoxy) is 4. The molecular formula is C18H24N2O6. The third-order valence-corrected chi connectivity index (χ3v) is 4.68. The summed E-state index contributed by atoms with van der Waals surface area (Å²) in [5.41, 5.74) is 0.468. The molecule has 1 spiro atoms. The SMILES string of the molecule is COc1ccc(OC)c(NC(=O)CC(=O)N2CCC3(CC2)OCCO3)c1. The van der Waals surface area contributed by atoms with Crippen molar-refractivity contribution in [2.24, 2.45) is 0 Å². The molecule has 2 amide bonds. The summed E-state index contributed by atoms with van der Waals surface area (Å²) < 4.78 is 21.7. The summed E-state index contributed by atoms with van der Waals surface area (Å²) in [6, 6.07) is 5.08. The van der Waals surface area contributed by atoms with Crippen LogP contribution < -0.4 is 14.8 Å². The van der Waals surface area contributed by atoms with Gasteiger partial charge in [0, 0.05) is 32.0 Å². The van der Waals surface area contributed by atoms with E-state index < -0.39 is 11.7 Å². The molecule has 1 aromatic rings. The first-order valence-electron chi connectivity index (χ1n) is 8.63. The zero-order chi connectivity index (χ0) is 18.6. The molecule has 142 valence electrons. The zero-order valence-corrected chi connectivity index (χ0v) is 15.1. The molecule has 2 heterocycles. The maximum atomic E-state index is 12.4. The number of piperidine rings is 1. The minimum atomic E-state index is -0.535. The predicted molar refractivity (Wildman–Crippen MR) is 93.2 cm³/mol. The van der Waals surface area contributed by atoms with E-state index in [0.717, 1.165) is 0 Å². The lowest BCUT2D eigenvalue weighted by Crippen LogP contribution is -2.47. The number of rotatable bonds is 5. The van der Waals surface area contributed by atoms with E-state index in [4.69, 9.17) is 18.9 Å². The molecule has 2 saturated heterocycles. The lowest BCUT2D eigenvalue weighted by molar-refractivity contribution is -0.187. The van der Waals surface area contributed by atoms with Gasteiger partial charge in [0.15, 0.2) is 5.79 Å². The fraction of sp³-hybridized carbons (Fsp3) is 0.556. The second kappa shape index (κ2) is 7.92. The number of carbonyl (C=O) groups excluding carboxylic acids is 2. The van der Waals surface area contributed by atoms with Crippen molar-refractivity contribution in [1.29, 1.82) is 0 Å². The summed E-state index contributed by atoms with van der Waals surface area (Å²) in [4.78, 5) is 26.4. The van der Waals surface area contributed by atoms with Crippen LogP contribution >= 0.6 is 0 Å². The number of methoxy groups -OCH3 is 2. The van der Waals surface area contributed by atoms with Crippen molar-refractivity contribution >= 4 is 17.5 Å². The first kappa shape index (κ1) is 18.5. The number of hydrogen-bond donors (Lipinski definition) is 1. The third kappa shape index (κ3) is 4.08. The van der Waals surface area contributed by atoms with Crippen LogP contribution in [0.2, 0.25) is 0 Å². The maximum Gasteiger partial charge on any atom is 0.233 e. The van der Waals surface area contributed by atoms with Crippen LogP contribution in [0.25, 0.3) is 0 Å². The van der Waals surface area contributed by atoms with Gasteiger partial charge in [-0.25, -0.2) is 0 Å². The van der Waals surface area contributed by atoms with Crippen molar-refractivity contribution in [3.05, 3.63) is 18.2 Å². The molecule has 0 radical (unpaired) electrons. The molecular weight excluding hydrogens is 340 g/mol. The van der Waals surface area contributed by atoms with E-state index in [2.05, 4.69) is 5.32 Å². The van der Waals surface area contributed by atoms with Crippen LogP contribution in [0.4, 0.5) is 5.69 Å². The van der Waals surface area contributed by atoms with E-state index in [1.165, 1.54) is 14.2 Å². The van der Waals surface area contributed by atoms with Gasteiger partial charge in [-0.1, -0.05) is 0 Å². The van der Waals surface area contributed by atoms with Crippen molar-refractivity contribution in [2.75, 3.05) is 45.8 Å². The van der Waals surface area contributed by atoms with Gasteiger partial charge in [-0.05, 0) is 12.1 Å². The van der Waals surface area contributed by atoms with Crippen molar-refractivity contribution in [2.45, 2.75) is 25.0 Å². The Morgan fingerprint density at radius 3 is 2.46 bits per heavy atom. The highest BCUT2D eigenvalue weighted by Gasteiger charge is 2.40. The number of anilines is 1. The molecule has 0 unspecified atom stereocenters. The topological polar surface area (TPSA) is 86.3 Å². The van der Waals surface area contributed by atoms with Crippen LogP contribution in [0.3, 0.4) is 0 Å². The molecule has 0 saturated carbocycles. The minimum Gasteiger partial charge on any atom is -0.497 e. The molecule has 8 nitrogen and oxygen atoms in total. The molecule has 8 heteroatoms. The Morgan fingerprint density at radius 2 is 1.85 bits per heavy atom. The molecule has 0 aliphatic carbocycles. The average molecular weight is 364 g/mol. The molecule has 0 atom stereocenters. The second-order valence-corrected chi connectivity index (χ2v) is 6.28. The van der Waals surface area contributed by atoms with E-state index in [-0.39, 0.29) is 12.3 Å². The summed E-state index contributed by atoms with van der Waals surface area (Å²) in [6.45, 7) is 2.24. The van der Waals surface area contributed by atoms with E-state index in [1.807, 2.05) is 0 Å². The van der Waals surface area contributed by atoms with Crippen LogP contribution in [0.1, 0.15) is 19.3 Å². The normalized spacial score (nSPS) is 18.6. The summed E-state index contributed by atoms with van der Waals surface area (Å²) in [6.07, 6.45) is 1.03. The van der Waals surface area contributed by atoms with Crippen LogP contribution in [0.5, 0.6) is 11.5 Å². The van der Waals surface area contributed by atoms with Crippen LogP contribution in [-0.4, -0.2) is 63.0 Å². The zero-order valence-electron chi connectivity index (χ0n) is 15.1. The van der Waals surface area contributed by atoms with Gasteiger partial charge >= 0.3 is 0 Å². The van der Waals surface area contributed by atoms with Gasteiger partial charge in [-0.2, -0.15) is 0 Å². The smallest absolute Gasteiger partial charge is 0.233 e. The number of amides is 2. The van der Waals surface area contributed by atoms with Crippen LogP contribution in [0, 0.1) is 0 Å². The maximum absolute atomic E-state index is 12.4. The Morgan fingerprint density at radius 1 is 1.15 bits per heavy atom. The van der Waals surface area contributed by atoms with Crippen LogP contribution in [-0.2, 0) is 19.1 Å². The standard InChI is InChI=1S/C18H24N2O6/c1-23-13-3-4-15(24-2)14(11-13)19-16(21)12-17(22)20-7-5-18(6-8-20)25-9-10-26-18/h3-4,11H,5-10,12H2,1-2H3,(H,19,21). The summed E-state index contributed by atoms with van der Waals surface area (Å²) in [7, 11) is 3.05. The van der Waals surface area contributed by atoms with Gasteiger partial charge in [-0.3, -0.25) is 9.59 Å². The number of likely N-dealkylation sites (tertiary alicyclic amines) is 1. The van der Waals surface area contributed by atoms with Crippen molar-refractivity contribution in [3.63, 3.8) is 0 Å². The number of benzene rings is 1. The van der Waals surface area contributed by atoms with E-state index >= 15 is 0 Å². The average Bonchev–Trinajstić information content (AvgIpc) is 3.10. The van der Waals surface area contributed by atoms with Gasteiger partial charge in [0.25, 0.3) is 0 Å². The molecule has 2 aliphatic rings. The Balaban J connectivity index is 1.54. The van der Waals surface area contributed by atoms with Gasteiger partial charge < -0.3 is 29.2 Å². The summed E-state index contributed by atoms with van der Waals surface area (Å²) >= 11 is 0. The number of nitrogens with one attached hydrogen (secondary N) is 1. The van der Waals surface area contributed by atoms with Crippen LogP contribution in [0.15, 0.2) is 18.2 Å². The van der Waals surface area contributed by atoms with E-state index in [9.17, 15) is 9.59 Å². The molecule has 0 aromatic heterocycles. The number of nitrogens with zero attached hydrogens (tertiary/aromatic N) is 1. The molecule has 3 rings (SSSR count). The number of carbonyl (C=O) groups is 2. The quantitative estimate of drug-likeness (QED) is 0.795. The van der Waals surface area contributed by atoms with E-state index in [0.29, 0.717) is 56.3 Å². The van der Waals surface area contributed by atoms with Gasteiger partial charge in [-0.15, -0.1) is 0 Å². The molecule has 1 N–H and O–H groups in total. The molecule has 26 heavy (non-hydrogen) atoms. The first-order chi connectivity index (χ1) is 12.5. The highest BCUT2D eigenvalue weighted by atomic mass is 16.7. The first-order valence-corrected chi connectivity index (χ1v) is 8.63. The number of hydrogen-bond acceptors (Lipinski definition) is 6. The Kier molecular flexibility index (Phi) is 5.63. The Bertz CT molecular complexity index is 662. The molecule has 1 aromatic carbocycles. The van der Waals surface area contributed by atoms with Crippen molar-refractivity contribution in [1.82, 2.24) is 4.90 Å². The Labute approximate surface area is 152 Å². The summed E-state index contributed by atoms with van der Waals surface area (Å²) in [5.74, 6) is -0.0488. The van der Waals surface area contributed by atoms with Gasteiger partial charge in [0.2, 0.25) is 11.8 Å². The predicted octanol–water partition coefficient (Wildman–Crippen LogP) is 1.40. The van der Waals surface area contributed by atoms with E-state index in [1.54, 1.807) is 23.1 Å². The fourth-order valence-electron chi connectivity index (χ4n) is 3.24. The highest BCUT2D eigenvalue weighted by molar-refractivity contribution is 6.04. The highest BCUT2D eigenvalue weighted by Crippen LogP contribution is 2.32. The molecule has 0 bridgehead atoms. The summed E-state index contributed by atoms with van der Waals surface area (Å²) in [5, 5.41) is 2.71. The lowest BCUT2D eigenvalue weighted by Gasteiger charge is -2.37. The second-order valence-electron chi connectivity index (χ2n) is 6.28. The van der Waals surface area contributed by atoms with Gasteiger partial charge in [0.05, 0.1) is 33.1 Å². The minimum absolute atomic E-state index is 0.211. The molecule has 2 aliphatic heterocycles. The van der Waals surface area contributed by atoms with Crippen molar-refractivity contribution in [3.8, 4) is 11.5 Å². The fourth-order valence-corrected chi connectivity index (χ4v) is 3.24. The largest absolute Gasteiger partial charge is 0.497 e. The third-order valence-electron chi connectivity index (χ3n) is 4.68. The Hall–Kier alpha value is -2.32. The lowest BCUT2D eigenvalue weighted by atomic mass is 10.0. The van der Waals surface area contributed by atoms with Crippen molar-refractivity contribution < 1.29 is 28.5 Å². The molecule has 2 fully saturated rings. The monoisotopic (exact) mass is 364 g/mol.